The predicted molar refractivity (Wildman–Crippen MR) is 86.4 cm³/mol. The molecular weight excluding hydrogens is 268 g/mol. The van der Waals surface area contributed by atoms with E-state index in [9.17, 15) is 0 Å². The highest BCUT2D eigenvalue weighted by molar-refractivity contribution is 7.12. The quantitative estimate of drug-likeness (QED) is 0.671. The van der Waals surface area contributed by atoms with E-state index >= 15 is 0 Å². The number of thiophene rings is 1. The summed E-state index contributed by atoms with van der Waals surface area (Å²) in [6.07, 6.45) is 3.93. The molecule has 1 aromatic rings. The maximum atomic E-state index is 5.83. The van der Waals surface area contributed by atoms with Crippen LogP contribution in [0, 0.1) is 6.92 Å². The maximum absolute atomic E-state index is 5.83. The Morgan fingerprint density at radius 1 is 1.45 bits per heavy atom. The molecule has 0 saturated heterocycles. The third-order valence-corrected chi connectivity index (χ3v) is 4.91. The van der Waals surface area contributed by atoms with Crippen molar-refractivity contribution in [2.45, 2.75) is 52.3 Å². The molecule has 4 heteroatoms. The zero-order chi connectivity index (χ0) is 14.4. The van der Waals surface area contributed by atoms with Gasteiger partial charge in [-0.15, -0.1) is 11.3 Å². The fourth-order valence-corrected chi connectivity index (χ4v) is 3.31. The van der Waals surface area contributed by atoms with Crippen molar-refractivity contribution in [2.75, 3.05) is 26.7 Å². The molecule has 1 aliphatic rings. The minimum Gasteiger partial charge on any atom is -0.375 e. The van der Waals surface area contributed by atoms with Gasteiger partial charge in [0.1, 0.15) is 0 Å². The lowest BCUT2D eigenvalue weighted by Gasteiger charge is -2.15. The molecule has 0 spiro atoms. The summed E-state index contributed by atoms with van der Waals surface area (Å²) in [5.74, 6) is 0. The van der Waals surface area contributed by atoms with Gasteiger partial charge in [-0.05, 0) is 51.4 Å². The summed E-state index contributed by atoms with van der Waals surface area (Å²) in [7, 11) is 2.20. The van der Waals surface area contributed by atoms with Gasteiger partial charge in [-0.3, -0.25) is 0 Å². The molecule has 0 radical (unpaired) electrons. The monoisotopic (exact) mass is 296 g/mol. The van der Waals surface area contributed by atoms with Gasteiger partial charge in [0.25, 0.3) is 0 Å². The molecule has 1 aromatic heterocycles. The van der Waals surface area contributed by atoms with Crippen LogP contribution in [0.1, 0.15) is 41.5 Å². The lowest BCUT2D eigenvalue weighted by atomic mass is 10.2. The number of likely N-dealkylation sites (N-methyl/N-ethyl adjacent to an activating group) is 1. The molecule has 0 unspecified atom stereocenters. The van der Waals surface area contributed by atoms with Crippen molar-refractivity contribution in [3.63, 3.8) is 0 Å². The molecule has 0 aliphatic heterocycles. The Morgan fingerprint density at radius 3 is 2.95 bits per heavy atom. The van der Waals surface area contributed by atoms with Crippen LogP contribution in [0.4, 0.5) is 0 Å². The fourth-order valence-electron chi connectivity index (χ4n) is 2.29. The van der Waals surface area contributed by atoms with Crippen LogP contribution in [0.25, 0.3) is 0 Å². The van der Waals surface area contributed by atoms with Crippen molar-refractivity contribution < 1.29 is 4.74 Å². The number of ether oxygens (including phenoxy) is 1. The van der Waals surface area contributed by atoms with Gasteiger partial charge in [0, 0.05) is 28.9 Å². The minimum atomic E-state index is 0.759. The summed E-state index contributed by atoms with van der Waals surface area (Å²) >= 11 is 1.89. The predicted octanol–water partition coefficient (Wildman–Crippen LogP) is 3.17. The molecule has 2 rings (SSSR count). The van der Waals surface area contributed by atoms with Crippen LogP contribution < -0.4 is 5.32 Å². The number of hydrogen-bond donors (Lipinski definition) is 1. The normalized spacial score (nSPS) is 15.2. The molecule has 1 aliphatic carbocycles. The molecule has 3 nitrogen and oxygen atoms in total. The van der Waals surface area contributed by atoms with E-state index in [-0.39, 0.29) is 0 Å². The number of nitrogens with one attached hydrogen (secondary N) is 1. The number of nitrogens with zero attached hydrogens (tertiary/aromatic N) is 1. The number of aryl methyl sites for hydroxylation is 1. The van der Waals surface area contributed by atoms with Crippen molar-refractivity contribution in [2.24, 2.45) is 0 Å². The first-order valence-corrected chi connectivity index (χ1v) is 8.59. The maximum Gasteiger partial charge on any atom is 0.0728 e. The van der Waals surface area contributed by atoms with Crippen LogP contribution in [-0.2, 0) is 17.9 Å². The molecule has 20 heavy (non-hydrogen) atoms. The first-order chi connectivity index (χ1) is 9.70. The summed E-state index contributed by atoms with van der Waals surface area (Å²) in [4.78, 5) is 5.24. The topological polar surface area (TPSA) is 24.5 Å². The second kappa shape index (κ2) is 8.13. The average Bonchev–Trinajstić information content (AvgIpc) is 3.21. The molecule has 1 saturated carbocycles. The Kier molecular flexibility index (Phi) is 6.49. The number of rotatable bonds is 10. The SMILES string of the molecule is CCCNCc1cc(COCCN(C)C2CC2)c(C)s1. The lowest BCUT2D eigenvalue weighted by molar-refractivity contribution is 0.0978. The summed E-state index contributed by atoms with van der Waals surface area (Å²) in [5.41, 5.74) is 1.36. The Labute approximate surface area is 127 Å². The van der Waals surface area contributed by atoms with Gasteiger partial charge in [0.2, 0.25) is 0 Å². The van der Waals surface area contributed by atoms with E-state index in [2.05, 4.69) is 37.2 Å². The van der Waals surface area contributed by atoms with Gasteiger partial charge in [-0.2, -0.15) is 0 Å². The molecule has 1 N–H and O–H groups in total. The zero-order valence-corrected chi connectivity index (χ0v) is 13.9. The van der Waals surface area contributed by atoms with Crippen molar-refractivity contribution in [3.8, 4) is 0 Å². The van der Waals surface area contributed by atoms with E-state index in [0.29, 0.717) is 0 Å². The molecular formula is C16H28N2OS. The van der Waals surface area contributed by atoms with E-state index in [0.717, 1.165) is 38.9 Å². The van der Waals surface area contributed by atoms with Gasteiger partial charge < -0.3 is 15.0 Å². The van der Waals surface area contributed by atoms with Crippen LogP contribution >= 0.6 is 11.3 Å². The highest BCUT2D eigenvalue weighted by Crippen LogP contribution is 2.25. The third-order valence-electron chi connectivity index (χ3n) is 3.81. The highest BCUT2D eigenvalue weighted by atomic mass is 32.1. The van der Waals surface area contributed by atoms with E-state index in [1.54, 1.807) is 0 Å². The Morgan fingerprint density at radius 2 is 2.25 bits per heavy atom. The second-order valence-electron chi connectivity index (χ2n) is 5.74. The van der Waals surface area contributed by atoms with Crippen LogP contribution in [0.5, 0.6) is 0 Å². The first-order valence-electron chi connectivity index (χ1n) is 7.77. The summed E-state index contributed by atoms with van der Waals surface area (Å²) in [6, 6.07) is 3.13. The molecule has 0 amide bonds. The standard InChI is InChI=1S/C16H28N2OS/c1-4-7-17-11-16-10-14(13(2)20-16)12-19-9-8-18(3)15-5-6-15/h10,15,17H,4-9,11-12H2,1-3H3. The largest absolute Gasteiger partial charge is 0.375 e. The highest BCUT2D eigenvalue weighted by Gasteiger charge is 2.25. The van der Waals surface area contributed by atoms with Crippen LogP contribution in [-0.4, -0.2) is 37.7 Å². The first kappa shape index (κ1) is 16.0. The van der Waals surface area contributed by atoms with Gasteiger partial charge in [-0.1, -0.05) is 6.92 Å². The Balaban J connectivity index is 1.66. The fraction of sp³-hybridized carbons (Fsp3) is 0.750. The van der Waals surface area contributed by atoms with E-state index < -0.39 is 0 Å². The third kappa shape index (κ3) is 5.17. The van der Waals surface area contributed by atoms with Crippen molar-refractivity contribution in [1.29, 1.82) is 0 Å². The van der Waals surface area contributed by atoms with E-state index in [4.69, 9.17) is 4.74 Å². The van der Waals surface area contributed by atoms with E-state index in [1.165, 1.54) is 34.6 Å². The Bertz CT molecular complexity index is 401. The van der Waals surface area contributed by atoms with Gasteiger partial charge >= 0.3 is 0 Å². The van der Waals surface area contributed by atoms with Gasteiger partial charge in [0.15, 0.2) is 0 Å². The molecule has 0 atom stereocenters. The molecule has 1 fully saturated rings. The number of hydrogen-bond acceptors (Lipinski definition) is 4. The van der Waals surface area contributed by atoms with Crippen LogP contribution in [0.15, 0.2) is 6.07 Å². The minimum absolute atomic E-state index is 0.759. The van der Waals surface area contributed by atoms with E-state index in [1.807, 2.05) is 11.3 Å². The van der Waals surface area contributed by atoms with Crippen molar-refractivity contribution in [3.05, 3.63) is 21.4 Å². The van der Waals surface area contributed by atoms with Crippen LogP contribution in [0.2, 0.25) is 0 Å². The molecule has 1 heterocycles. The summed E-state index contributed by atoms with van der Waals surface area (Å²) in [5, 5.41) is 3.46. The Hall–Kier alpha value is -0.420. The van der Waals surface area contributed by atoms with Gasteiger partial charge in [-0.25, -0.2) is 0 Å². The summed E-state index contributed by atoms with van der Waals surface area (Å²) in [6.45, 7) is 9.13. The average molecular weight is 296 g/mol. The zero-order valence-electron chi connectivity index (χ0n) is 13.1. The van der Waals surface area contributed by atoms with Gasteiger partial charge in [0.05, 0.1) is 13.2 Å². The molecule has 0 bridgehead atoms. The van der Waals surface area contributed by atoms with Crippen molar-refractivity contribution >= 4 is 11.3 Å². The second-order valence-corrected chi connectivity index (χ2v) is 7.08. The van der Waals surface area contributed by atoms with Crippen molar-refractivity contribution in [1.82, 2.24) is 10.2 Å². The summed E-state index contributed by atoms with van der Waals surface area (Å²) < 4.78 is 5.83. The smallest absolute Gasteiger partial charge is 0.0728 e. The molecule has 114 valence electrons. The molecule has 0 aromatic carbocycles. The lowest BCUT2D eigenvalue weighted by Crippen LogP contribution is -2.25. The van der Waals surface area contributed by atoms with Crippen LogP contribution in [0.3, 0.4) is 0 Å².